The highest BCUT2D eigenvalue weighted by atomic mass is 32.2. The van der Waals surface area contributed by atoms with Gasteiger partial charge in [-0.3, -0.25) is 14.3 Å². The number of nitro benzene ring substituents is 1. The van der Waals surface area contributed by atoms with Crippen LogP contribution in [-0.2, 0) is 10.8 Å². The van der Waals surface area contributed by atoms with Crippen LogP contribution in [0.4, 0.5) is 11.5 Å². The molecule has 2 unspecified atom stereocenters. The fraction of sp³-hybridized carbons (Fsp3) is 0.385. The van der Waals surface area contributed by atoms with Crippen LogP contribution >= 0.6 is 0 Å². The number of benzene rings is 1. The number of anilines is 1. The molecule has 2 aromatic rings. The first-order valence-electron chi connectivity index (χ1n) is 6.43. The van der Waals surface area contributed by atoms with Gasteiger partial charge in [0.15, 0.2) is 0 Å². The lowest BCUT2D eigenvalue weighted by Gasteiger charge is -2.15. The molecule has 0 spiro atoms. The van der Waals surface area contributed by atoms with Crippen molar-refractivity contribution in [3.05, 3.63) is 34.6 Å². The van der Waals surface area contributed by atoms with Gasteiger partial charge in [0.2, 0.25) is 0 Å². The maximum atomic E-state index is 11.1. The molecule has 0 saturated heterocycles. The summed E-state index contributed by atoms with van der Waals surface area (Å²) in [5.74, 6) is 1.15. The van der Waals surface area contributed by atoms with Gasteiger partial charge in [0.25, 0.3) is 5.69 Å². The molecule has 0 aliphatic rings. The van der Waals surface area contributed by atoms with Crippen LogP contribution in [0.2, 0.25) is 0 Å². The maximum absolute atomic E-state index is 11.1. The van der Waals surface area contributed by atoms with Gasteiger partial charge in [-0.25, -0.2) is 9.97 Å². The normalized spacial score (nSPS) is 13.8. The van der Waals surface area contributed by atoms with Gasteiger partial charge < -0.3 is 5.32 Å². The molecular formula is C13H16N4O3S. The Hall–Kier alpha value is -2.09. The molecular weight excluding hydrogens is 292 g/mol. The zero-order valence-corrected chi connectivity index (χ0v) is 12.6. The van der Waals surface area contributed by atoms with E-state index >= 15 is 0 Å². The summed E-state index contributed by atoms with van der Waals surface area (Å²) in [4.78, 5) is 18.7. The van der Waals surface area contributed by atoms with Crippen molar-refractivity contribution < 1.29 is 9.13 Å². The number of aromatic nitrogens is 2. The van der Waals surface area contributed by atoms with Crippen LogP contribution in [0.25, 0.3) is 10.9 Å². The molecule has 21 heavy (non-hydrogen) atoms. The molecule has 7 nitrogen and oxygen atoms in total. The van der Waals surface area contributed by atoms with E-state index in [0.29, 0.717) is 22.5 Å². The Labute approximate surface area is 124 Å². The van der Waals surface area contributed by atoms with Crippen molar-refractivity contribution in [1.82, 2.24) is 9.97 Å². The lowest BCUT2D eigenvalue weighted by atomic mass is 10.2. The van der Waals surface area contributed by atoms with Crippen LogP contribution in [0.1, 0.15) is 13.3 Å². The van der Waals surface area contributed by atoms with E-state index in [9.17, 15) is 14.3 Å². The zero-order chi connectivity index (χ0) is 15.4. The van der Waals surface area contributed by atoms with Crippen molar-refractivity contribution >= 4 is 33.2 Å². The predicted molar refractivity (Wildman–Crippen MR) is 82.8 cm³/mol. The number of nitrogens with zero attached hydrogens (tertiary/aromatic N) is 3. The number of hydrogen-bond donors (Lipinski definition) is 1. The number of non-ortho nitro benzene ring substituents is 1. The summed E-state index contributed by atoms with van der Waals surface area (Å²) in [5.41, 5.74) is 0.645. The van der Waals surface area contributed by atoms with Crippen LogP contribution < -0.4 is 5.32 Å². The maximum Gasteiger partial charge on any atom is 0.270 e. The topological polar surface area (TPSA) is 98.0 Å². The second kappa shape index (κ2) is 6.57. The van der Waals surface area contributed by atoms with E-state index in [-0.39, 0.29) is 11.7 Å². The fourth-order valence-electron chi connectivity index (χ4n) is 1.92. The van der Waals surface area contributed by atoms with Crippen molar-refractivity contribution in [2.24, 2.45) is 0 Å². The predicted octanol–water partition coefficient (Wildman–Crippen LogP) is 2.11. The molecule has 1 aromatic carbocycles. The molecule has 0 aliphatic carbocycles. The van der Waals surface area contributed by atoms with E-state index in [0.717, 1.165) is 6.42 Å². The third kappa shape index (κ3) is 3.94. The van der Waals surface area contributed by atoms with Gasteiger partial charge in [0.05, 0.1) is 10.4 Å². The van der Waals surface area contributed by atoms with E-state index in [2.05, 4.69) is 15.3 Å². The molecule has 0 amide bonds. The highest BCUT2D eigenvalue weighted by molar-refractivity contribution is 7.84. The fourth-order valence-corrected chi connectivity index (χ4v) is 2.61. The molecule has 0 fully saturated rings. The minimum absolute atomic E-state index is 0.00247. The summed E-state index contributed by atoms with van der Waals surface area (Å²) in [7, 11) is -0.843. The Morgan fingerprint density at radius 1 is 1.43 bits per heavy atom. The highest BCUT2D eigenvalue weighted by Crippen LogP contribution is 2.24. The van der Waals surface area contributed by atoms with E-state index in [1.54, 1.807) is 12.3 Å². The first kappa shape index (κ1) is 15.3. The SMILES string of the molecule is CC(CCS(C)=O)Nc1ncnc2ccc([N+](=O)[O-])cc12. The van der Waals surface area contributed by atoms with Gasteiger partial charge in [0.1, 0.15) is 12.1 Å². The molecule has 0 aliphatic heterocycles. The molecule has 1 N–H and O–H groups in total. The number of nitro groups is 1. The molecule has 8 heteroatoms. The van der Waals surface area contributed by atoms with Crippen LogP contribution in [0.15, 0.2) is 24.5 Å². The Morgan fingerprint density at radius 3 is 2.86 bits per heavy atom. The van der Waals surface area contributed by atoms with Crippen molar-refractivity contribution in [3.8, 4) is 0 Å². The zero-order valence-electron chi connectivity index (χ0n) is 11.8. The summed E-state index contributed by atoms with van der Waals surface area (Å²) in [6.07, 6.45) is 3.81. The van der Waals surface area contributed by atoms with E-state index in [1.807, 2.05) is 6.92 Å². The first-order valence-corrected chi connectivity index (χ1v) is 8.16. The monoisotopic (exact) mass is 308 g/mol. The molecule has 0 saturated carbocycles. The average molecular weight is 308 g/mol. The minimum Gasteiger partial charge on any atom is -0.367 e. The van der Waals surface area contributed by atoms with Crippen LogP contribution in [-0.4, -0.2) is 37.2 Å². The number of rotatable bonds is 6. The number of nitrogens with one attached hydrogen (secondary N) is 1. The Kier molecular flexibility index (Phi) is 4.79. The van der Waals surface area contributed by atoms with E-state index in [1.165, 1.54) is 18.5 Å². The number of fused-ring (bicyclic) bond motifs is 1. The molecule has 1 heterocycles. The summed E-state index contributed by atoms with van der Waals surface area (Å²) in [5, 5.41) is 14.7. The standard InChI is InChI=1S/C13H16N4O3S/c1-9(5-6-21(2)20)16-13-11-7-10(17(18)19)3-4-12(11)14-8-15-13/h3-4,7-9H,5-6H2,1-2H3,(H,14,15,16). The van der Waals surface area contributed by atoms with Gasteiger partial charge in [-0.05, 0) is 19.4 Å². The lowest BCUT2D eigenvalue weighted by Crippen LogP contribution is -2.18. The molecule has 2 rings (SSSR count). The van der Waals surface area contributed by atoms with Crippen LogP contribution in [0.5, 0.6) is 0 Å². The summed E-state index contributed by atoms with van der Waals surface area (Å²) < 4.78 is 11.1. The summed E-state index contributed by atoms with van der Waals surface area (Å²) >= 11 is 0. The second-order valence-electron chi connectivity index (χ2n) is 4.79. The van der Waals surface area contributed by atoms with Gasteiger partial charge >= 0.3 is 0 Å². The third-order valence-electron chi connectivity index (χ3n) is 3.05. The second-order valence-corrected chi connectivity index (χ2v) is 6.35. The van der Waals surface area contributed by atoms with Crippen LogP contribution in [0.3, 0.4) is 0 Å². The van der Waals surface area contributed by atoms with Gasteiger partial charge in [-0.1, -0.05) is 0 Å². The molecule has 112 valence electrons. The Morgan fingerprint density at radius 2 is 2.19 bits per heavy atom. The van der Waals surface area contributed by atoms with Gasteiger partial charge in [-0.2, -0.15) is 0 Å². The molecule has 1 aromatic heterocycles. The quantitative estimate of drug-likeness (QED) is 0.648. The average Bonchev–Trinajstić information content (AvgIpc) is 2.45. The highest BCUT2D eigenvalue weighted by Gasteiger charge is 2.12. The van der Waals surface area contributed by atoms with Crippen molar-refractivity contribution in [2.45, 2.75) is 19.4 Å². The largest absolute Gasteiger partial charge is 0.367 e. The van der Waals surface area contributed by atoms with Gasteiger partial charge in [0, 0.05) is 46.4 Å². The number of hydrogen-bond acceptors (Lipinski definition) is 6. The Bertz CT molecular complexity index is 692. The van der Waals surface area contributed by atoms with Crippen LogP contribution in [0, 0.1) is 10.1 Å². The molecule has 2 atom stereocenters. The van der Waals surface area contributed by atoms with Gasteiger partial charge in [-0.15, -0.1) is 0 Å². The summed E-state index contributed by atoms with van der Waals surface area (Å²) in [6.45, 7) is 1.96. The summed E-state index contributed by atoms with van der Waals surface area (Å²) in [6, 6.07) is 4.54. The van der Waals surface area contributed by atoms with Crippen molar-refractivity contribution in [3.63, 3.8) is 0 Å². The first-order chi connectivity index (χ1) is 9.97. The van der Waals surface area contributed by atoms with E-state index < -0.39 is 15.7 Å². The minimum atomic E-state index is -0.843. The van der Waals surface area contributed by atoms with Crippen molar-refractivity contribution in [2.75, 3.05) is 17.3 Å². The lowest BCUT2D eigenvalue weighted by molar-refractivity contribution is -0.384. The molecule has 0 bridgehead atoms. The van der Waals surface area contributed by atoms with Crippen molar-refractivity contribution in [1.29, 1.82) is 0 Å². The third-order valence-corrected chi connectivity index (χ3v) is 3.86. The van der Waals surface area contributed by atoms with E-state index in [4.69, 9.17) is 0 Å². The molecule has 0 radical (unpaired) electrons. The Balaban J connectivity index is 2.28. The smallest absolute Gasteiger partial charge is 0.270 e.